The van der Waals surface area contributed by atoms with Crippen LogP contribution < -0.4 is 10.1 Å². The standard InChI is InChI=1S/C23H31NO3/c1-22(2)17-23(12-14-27-22,19-7-5-4-6-8-19)11-13-24-16-18-9-10-20(25)21(15-18)26-3/h4-10,15,24-25H,11-14,16-17H2,1-3H3/p+1/t23-/m0/s1. The monoisotopic (exact) mass is 370 g/mol. The molecule has 1 atom stereocenters. The highest BCUT2D eigenvalue weighted by Crippen LogP contribution is 2.43. The van der Waals surface area contributed by atoms with Gasteiger partial charge < -0.3 is 19.9 Å². The molecule has 0 aromatic heterocycles. The highest BCUT2D eigenvalue weighted by atomic mass is 16.5. The molecule has 1 fully saturated rings. The molecule has 0 bridgehead atoms. The lowest BCUT2D eigenvalue weighted by molar-refractivity contribution is -0.672. The maximum Gasteiger partial charge on any atom is 0.160 e. The van der Waals surface area contributed by atoms with E-state index in [9.17, 15) is 5.11 Å². The molecule has 0 unspecified atom stereocenters. The van der Waals surface area contributed by atoms with E-state index < -0.39 is 0 Å². The quantitative estimate of drug-likeness (QED) is 0.735. The molecule has 4 nitrogen and oxygen atoms in total. The van der Waals surface area contributed by atoms with Gasteiger partial charge in [0.05, 0.1) is 19.3 Å². The van der Waals surface area contributed by atoms with Crippen molar-refractivity contribution in [3.05, 3.63) is 59.7 Å². The zero-order chi connectivity index (χ0) is 19.3. The topological polar surface area (TPSA) is 55.3 Å². The van der Waals surface area contributed by atoms with Crippen molar-refractivity contribution in [1.82, 2.24) is 0 Å². The SMILES string of the molecule is COc1cc(C[NH2+]CC[C@]2(c3ccccc3)CCOC(C)(C)C2)ccc1O. The van der Waals surface area contributed by atoms with E-state index in [1.807, 2.05) is 12.1 Å². The van der Waals surface area contributed by atoms with Crippen LogP contribution in [0.3, 0.4) is 0 Å². The van der Waals surface area contributed by atoms with Crippen LogP contribution in [0.1, 0.15) is 44.2 Å². The summed E-state index contributed by atoms with van der Waals surface area (Å²) in [4.78, 5) is 0. The fourth-order valence-corrected chi connectivity index (χ4v) is 4.37. The summed E-state index contributed by atoms with van der Waals surface area (Å²) >= 11 is 0. The molecule has 1 aliphatic heterocycles. The Bertz CT molecular complexity index is 745. The van der Waals surface area contributed by atoms with Crippen molar-refractivity contribution in [3.8, 4) is 11.5 Å². The summed E-state index contributed by atoms with van der Waals surface area (Å²) in [6, 6.07) is 16.5. The lowest BCUT2D eigenvalue weighted by atomic mass is 9.67. The second-order valence-corrected chi connectivity index (χ2v) is 8.22. The predicted molar refractivity (Wildman–Crippen MR) is 107 cm³/mol. The Morgan fingerprint density at radius 1 is 1.15 bits per heavy atom. The molecule has 4 heteroatoms. The molecule has 27 heavy (non-hydrogen) atoms. The van der Waals surface area contributed by atoms with Crippen LogP contribution in [-0.2, 0) is 16.7 Å². The van der Waals surface area contributed by atoms with Gasteiger partial charge in [-0.25, -0.2) is 0 Å². The Morgan fingerprint density at radius 3 is 2.63 bits per heavy atom. The number of hydrogen-bond donors (Lipinski definition) is 2. The van der Waals surface area contributed by atoms with Crippen LogP contribution in [0.15, 0.2) is 48.5 Å². The summed E-state index contributed by atoms with van der Waals surface area (Å²) < 4.78 is 11.2. The molecule has 1 heterocycles. The number of methoxy groups -OCH3 is 1. The van der Waals surface area contributed by atoms with Crippen molar-refractivity contribution in [2.24, 2.45) is 0 Å². The number of phenolic OH excluding ortho intramolecular Hbond substituents is 1. The highest BCUT2D eigenvalue weighted by Gasteiger charge is 2.42. The van der Waals surface area contributed by atoms with Gasteiger partial charge in [-0.1, -0.05) is 30.3 Å². The Morgan fingerprint density at radius 2 is 1.93 bits per heavy atom. The first-order valence-corrected chi connectivity index (χ1v) is 9.81. The molecule has 2 aromatic rings. The summed E-state index contributed by atoms with van der Waals surface area (Å²) in [6.45, 7) is 7.15. The van der Waals surface area contributed by atoms with Crippen molar-refractivity contribution in [3.63, 3.8) is 0 Å². The van der Waals surface area contributed by atoms with Crippen molar-refractivity contribution in [1.29, 1.82) is 0 Å². The number of hydrogen-bond acceptors (Lipinski definition) is 3. The average molecular weight is 371 g/mol. The second kappa shape index (κ2) is 8.32. The van der Waals surface area contributed by atoms with Crippen molar-refractivity contribution < 1.29 is 19.9 Å². The third-order valence-electron chi connectivity index (χ3n) is 5.67. The smallest absolute Gasteiger partial charge is 0.160 e. The van der Waals surface area contributed by atoms with Crippen molar-refractivity contribution in [2.75, 3.05) is 20.3 Å². The molecule has 146 valence electrons. The number of ether oxygens (including phenoxy) is 2. The fraction of sp³-hybridized carbons (Fsp3) is 0.478. The van der Waals surface area contributed by atoms with Gasteiger partial charge in [0.1, 0.15) is 6.54 Å². The number of quaternary nitrogens is 1. The van der Waals surface area contributed by atoms with Crippen LogP contribution in [0.25, 0.3) is 0 Å². The van der Waals surface area contributed by atoms with Crippen molar-refractivity contribution in [2.45, 2.75) is 50.7 Å². The van der Waals surface area contributed by atoms with Crippen LogP contribution in [0.5, 0.6) is 11.5 Å². The number of aromatic hydroxyl groups is 1. The van der Waals surface area contributed by atoms with E-state index >= 15 is 0 Å². The fourth-order valence-electron chi connectivity index (χ4n) is 4.37. The van der Waals surface area contributed by atoms with E-state index in [-0.39, 0.29) is 16.8 Å². The Kier molecular flexibility index (Phi) is 6.08. The van der Waals surface area contributed by atoms with E-state index in [4.69, 9.17) is 9.47 Å². The van der Waals surface area contributed by atoms with Gasteiger partial charge in [0, 0.05) is 24.0 Å². The van der Waals surface area contributed by atoms with Crippen LogP contribution in [0.2, 0.25) is 0 Å². The van der Waals surface area contributed by atoms with E-state index in [1.165, 1.54) is 5.56 Å². The lowest BCUT2D eigenvalue weighted by Gasteiger charge is -2.45. The van der Waals surface area contributed by atoms with Gasteiger partial charge in [-0.3, -0.25) is 0 Å². The molecule has 0 amide bonds. The van der Waals surface area contributed by atoms with Gasteiger partial charge in [-0.05, 0) is 50.5 Å². The summed E-state index contributed by atoms with van der Waals surface area (Å²) in [5.74, 6) is 0.724. The van der Waals surface area contributed by atoms with Crippen LogP contribution in [-0.4, -0.2) is 31.0 Å². The third kappa shape index (κ3) is 4.82. The van der Waals surface area contributed by atoms with Crippen molar-refractivity contribution >= 4 is 0 Å². The minimum absolute atomic E-state index is 0.0849. The van der Waals surface area contributed by atoms with E-state index in [1.54, 1.807) is 13.2 Å². The molecular weight excluding hydrogens is 338 g/mol. The first-order valence-electron chi connectivity index (χ1n) is 9.81. The normalized spacial score (nSPS) is 21.7. The highest BCUT2D eigenvalue weighted by molar-refractivity contribution is 5.41. The number of nitrogens with two attached hydrogens (primary N) is 1. The zero-order valence-electron chi connectivity index (χ0n) is 16.7. The number of benzene rings is 2. The summed E-state index contributed by atoms with van der Waals surface area (Å²) in [5.41, 5.74) is 2.68. The summed E-state index contributed by atoms with van der Waals surface area (Å²) in [5, 5.41) is 12.1. The third-order valence-corrected chi connectivity index (χ3v) is 5.67. The molecule has 1 saturated heterocycles. The van der Waals surface area contributed by atoms with Gasteiger partial charge >= 0.3 is 0 Å². The first-order chi connectivity index (χ1) is 12.9. The summed E-state index contributed by atoms with van der Waals surface area (Å²) in [6.07, 6.45) is 3.24. The van der Waals surface area contributed by atoms with Crippen LogP contribution in [0, 0.1) is 0 Å². The van der Waals surface area contributed by atoms with Gasteiger partial charge in [-0.15, -0.1) is 0 Å². The molecule has 0 aliphatic carbocycles. The van der Waals surface area contributed by atoms with Crippen LogP contribution in [0.4, 0.5) is 0 Å². The zero-order valence-corrected chi connectivity index (χ0v) is 16.7. The van der Waals surface area contributed by atoms with Gasteiger partial charge in [0.25, 0.3) is 0 Å². The molecule has 2 aromatic carbocycles. The maximum absolute atomic E-state index is 9.74. The minimum Gasteiger partial charge on any atom is -0.504 e. The Balaban J connectivity index is 1.65. The molecule has 0 spiro atoms. The Hall–Kier alpha value is -2.04. The van der Waals surface area contributed by atoms with Gasteiger partial charge in [0.15, 0.2) is 11.5 Å². The van der Waals surface area contributed by atoms with Gasteiger partial charge in [0.2, 0.25) is 0 Å². The molecular formula is C23H32NO3+. The molecule has 1 aliphatic rings. The molecule has 3 rings (SSSR count). The minimum atomic E-state index is -0.0849. The van der Waals surface area contributed by atoms with Crippen LogP contribution >= 0.6 is 0 Å². The first kappa shape index (κ1) is 19.7. The largest absolute Gasteiger partial charge is 0.504 e. The average Bonchev–Trinajstić information content (AvgIpc) is 2.66. The van der Waals surface area contributed by atoms with Gasteiger partial charge in [-0.2, -0.15) is 0 Å². The maximum atomic E-state index is 9.74. The lowest BCUT2D eigenvalue weighted by Crippen LogP contribution is -2.83. The van der Waals surface area contributed by atoms with E-state index in [2.05, 4.69) is 49.5 Å². The number of rotatable bonds is 7. The predicted octanol–water partition coefficient (Wildman–Crippen LogP) is 3.38. The number of phenols is 1. The van der Waals surface area contributed by atoms with E-state index in [0.717, 1.165) is 44.5 Å². The molecule has 0 radical (unpaired) electrons. The Labute approximate surface area is 162 Å². The second-order valence-electron chi connectivity index (χ2n) is 8.22. The summed E-state index contributed by atoms with van der Waals surface area (Å²) in [7, 11) is 1.58. The molecule has 3 N–H and O–H groups in total. The molecule has 0 saturated carbocycles. The van der Waals surface area contributed by atoms with E-state index in [0.29, 0.717) is 5.75 Å².